The normalized spacial score (nSPS) is 12.2. The molecule has 9 aromatic carbocycles. The van der Waals surface area contributed by atoms with Crippen LogP contribution in [0.25, 0.3) is 61.3 Å². The van der Waals surface area contributed by atoms with Crippen LogP contribution >= 0.6 is 0 Å². The zero-order valence-corrected chi connectivity index (χ0v) is 37.1. The van der Waals surface area contributed by atoms with Gasteiger partial charge in [-0.3, -0.25) is 0 Å². The van der Waals surface area contributed by atoms with Gasteiger partial charge in [0.1, 0.15) is 0 Å². The minimum Gasteiger partial charge on any atom is -0.313 e. The average Bonchev–Trinajstić information content (AvgIpc) is 3.89. The molecule has 0 fully saturated rings. The van der Waals surface area contributed by atoms with E-state index in [2.05, 4.69) is 263 Å². The van der Waals surface area contributed by atoms with Gasteiger partial charge in [0.25, 0.3) is 0 Å². The van der Waals surface area contributed by atoms with Crippen LogP contribution in [0.1, 0.15) is 28.8 Å². The lowest BCUT2D eigenvalue weighted by Gasteiger charge is -2.26. The molecule has 0 spiro atoms. The van der Waals surface area contributed by atoms with Gasteiger partial charge in [-0.25, -0.2) is 0 Å². The van der Waals surface area contributed by atoms with Gasteiger partial charge in [0.15, 0.2) is 0 Å². The van der Waals surface area contributed by atoms with Crippen molar-refractivity contribution in [3.8, 4) is 22.5 Å². The number of para-hydroxylation sites is 3. The molecule has 2 heterocycles. The van der Waals surface area contributed by atoms with Gasteiger partial charge in [0.2, 0.25) is 0 Å². The van der Waals surface area contributed by atoms with Crippen LogP contribution in [0.2, 0.25) is 0 Å². The monoisotopic (exact) mass is 848 g/mol. The first-order valence-electron chi connectivity index (χ1n) is 23.0. The van der Waals surface area contributed by atoms with Crippen molar-refractivity contribution in [2.24, 2.45) is 0 Å². The highest BCUT2D eigenvalue weighted by Gasteiger charge is 2.22. The second-order valence-electron chi connectivity index (χ2n) is 17.5. The lowest BCUT2D eigenvalue weighted by Crippen LogP contribution is -2.10. The maximum Gasteiger partial charge on any atom is 0.0542 e. The van der Waals surface area contributed by atoms with Gasteiger partial charge in [-0.1, -0.05) is 126 Å². The standard InChI is InChI=1S/C62H48N4/c1-43-21-29-49(30-22-43)63(53-37-39-61-57(41-53)55-17-9-11-19-59(55)65(61)47-13-5-3-6-14-47)51-33-25-45(26-34-51)46-27-35-52(36-28-46)64(50-31-23-44(2)24-32-50)54-38-40-62-58(42-54)56-18-10-12-20-60(56)66(62)48-15-7-4-8-16-48/h3-11,13-19,21-42H,12,20H2,1-2H3. The van der Waals surface area contributed by atoms with E-state index in [0.29, 0.717) is 0 Å². The summed E-state index contributed by atoms with van der Waals surface area (Å²) < 4.78 is 4.83. The Balaban J connectivity index is 0.907. The number of hydrogen-bond acceptors (Lipinski definition) is 2. The molecule has 0 saturated heterocycles. The molecule has 1 aliphatic carbocycles. The van der Waals surface area contributed by atoms with Crippen LogP contribution in [-0.2, 0) is 6.42 Å². The van der Waals surface area contributed by atoms with E-state index < -0.39 is 0 Å². The second-order valence-corrected chi connectivity index (χ2v) is 17.5. The molecule has 0 aliphatic heterocycles. The zero-order chi connectivity index (χ0) is 44.1. The number of nitrogens with zero attached hydrogens (tertiary/aromatic N) is 4. The first-order valence-corrected chi connectivity index (χ1v) is 23.0. The van der Waals surface area contributed by atoms with Crippen LogP contribution in [0.15, 0.2) is 224 Å². The average molecular weight is 849 g/mol. The molecular formula is C62H48N4. The fraction of sp³-hybridized carbons (Fsp3) is 0.0645. The summed E-state index contributed by atoms with van der Waals surface area (Å²) in [6.45, 7) is 4.29. The third-order valence-corrected chi connectivity index (χ3v) is 13.3. The van der Waals surface area contributed by atoms with Crippen molar-refractivity contribution < 1.29 is 0 Å². The second kappa shape index (κ2) is 16.3. The van der Waals surface area contributed by atoms with Crippen molar-refractivity contribution >= 4 is 72.9 Å². The number of fused-ring (bicyclic) bond motifs is 6. The van der Waals surface area contributed by atoms with E-state index in [9.17, 15) is 0 Å². The Labute approximate surface area is 386 Å². The number of hydrogen-bond donors (Lipinski definition) is 0. The van der Waals surface area contributed by atoms with Gasteiger partial charge in [-0.05, 0) is 153 Å². The Kier molecular flexibility index (Phi) is 9.72. The summed E-state index contributed by atoms with van der Waals surface area (Å²) in [5.41, 5.74) is 20.2. The molecule has 1 aliphatic rings. The van der Waals surface area contributed by atoms with Crippen LogP contribution in [0.5, 0.6) is 0 Å². The predicted octanol–water partition coefficient (Wildman–Crippen LogP) is 16.9. The summed E-state index contributed by atoms with van der Waals surface area (Å²) in [4.78, 5) is 4.76. The third kappa shape index (κ3) is 6.86. The minimum absolute atomic E-state index is 1.02. The highest BCUT2D eigenvalue weighted by atomic mass is 15.1. The molecule has 4 heteroatoms. The molecule has 2 aromatic heterocycles. The van der Waals surface area contributed by atoms with Gasteiger partial charge < -0.3 is 18.9 Å². The number of anilines is 6. The Morgan fingerprint density at radius 1 is 0.364 bits per heavy atom. The molecular weight excluding hydrogens is 801 g/mol. The Bertz CT molecular complexity index is 3560. The van der Waals surface area contributed by atoms with Gasteiger partial charge in [-0.15, -0.1) is 0 Å². The molecule has 0 unspecified atom stereocenters. The third-order valence-electron chi connectivity index (χ3n) is 13.3. The highest BCUT2D eigenvalue weighted by molar-refractivity contribution is 6.10. The summed E-state index contributed by atoms with van der Waals surface area (Å²) in [7, 11) is 0. The summed E-state index contributed by atoms with van der Waals surface area (Å²) in [5.74, 6) is 0. The molecule has 66 heavy (non-hydrogen) atoms. The molecule has 0 radical (unpaired) electrons. The lowest BCUT2D eigenvalue weighted by atomic mass is 10.0. The number of aromatic nitrogens is 2. The van der Waals surface area contributed by atoms with Crippen molar-refractivity contribution in [2.75, 3.05) is 9.80 Å². The van der Waals surface area contributed by atoms with Crippen LogP contribution in [0.3, 0.4) is 0 Å². The van der Waals surface area contributed by atoms with E-state index >= 15 is 0 Å². The Morgan fingerprint density at radius 3 is 1.33 bits per heavy atom. The van der Waals surface area contributed by atoms with Crippen molar-refractivity contribution in [1.82, 2.24) is 9.13 Å². The van der Waals surface area contributed by atoms with Crippen molar-refractivity contribution in [1.29, 1.82) is 0 Å². The predicted molar refractivity (Wildman–Crippen MR) is 279 cm³/mol. The topological polar surface area (TPSA) is 16.3 Å². The Hall–Kier alpha value is -8.34. The minimum atomic E-state index is 1.02. The van der Waals surface area contributed by atoms with Crippen LogP contribution in [-0.4, -0.2) is 9.13 Å². The van der Waals surface area contributed by atoms with Crippen LogP contribution < -0.4 is 9.80 Å². The number of allylic oxidation sites excluding steroid dienone is 1. The molecule has 0 amide bonds. The van der Waals surface area contributed by atoms with Gasteiger partial charge in [0, 0.05) is 72.9 Å². The summed E-state index contributed by atoms with van der Waals surface area (Å²) in [6, 6.07) is 79.8. The zero-order valence-electron chi connectivity index (χ0n) is 37.1. The maximum atomic E-state index is 2.46. The summed E-state index contributed by atoms with van der Waals surface area (Å²) in [6.07, 6.45) is 6.72. The fourth-order valence-corrected chi connectivity index (χ4v) is 10.1. The summed E-state index contributed by atoms with van der Waals surface area (Å²) >= 11 is 0. The molecule has 316 valence electrons. The smallest absolute Gasteiger partial charge is 0.0542 e. The van der Waals surface area contributed by atoms with Gasteiger partial charge >= 0.3 is 0 Å². The molecule has 12 rings (SSSR count). The van der Waals surface area contributed by atoms with E-state index in [4.69, 9.17) is 0 Å². The van der Waals surface area contributed by atoms with Crippen molar-refractivity contribution in [2.45, 2.75) is 26.7 Å². The van der Waals surface area contributed by atoms with E-state index in [1.165, 1.54) is 71.9 Å². The van der Waals surface area contributed by atoms with Crippen LogP contribution in [0, 0.1) is 13.8 Å². The first-order chi connectivity index (χ1) is 32.6. The molecule has 4 nitrogen and oxygen atoms in total. The van der Waals surface area contributed by atoms with E-state index in [1.807, 2.05) is 0 Å². The molecule has 11 aromatic rings. The Morgan fingerprint density at radius 2 is 0.788 bits per heavy atom. The van der Waals surface area contributed by atoms with Crippen molar-refractivity contribution in [3.05, 3.63) is 247 Å². The molecule has 0 bridgehead atoms. The quantitative estimate of drug-likeness (QED) is 0.144. The summed E-state index contributed by atoms with van der Waals surface area (Å²) in [5, 5.41) is 3.73. The molecule has 0 saturated carbocycles. The first kappa shape index (κ1) is 39.3. The largest absolute Gasteiger partial charge is 0.313 e. The van der Waals surface area contributed by atoms with Gasteiger partial charge in [0.05, 0.1) is 16.6 Å². The van der Waals surface area contributed by atoms with E-state index in [1.54, 1.807) is 0 Å². The maximum absolute atomic E-state index is 2.46. The van der Waals surface area contributed by atoms with Crippen LogP contribution in [0.4, 0.5) is 34.1 Å². The highest BCUT2D eigenvalue weighted by Crippen LogP contribution is 2.43. The number of rotatable bonds is 9. The fourth-order valence-electron chi connectivity index (χ4n) is 10.1. The number of benzene rings is 9. The lowest BCUT2D eigenvalue weighted by molar-refractivity contribution is 0.888. The van der Waals surface area contributed by atoms with E-state index in [-0.39, 0.29) is 0 Å². The van der Waals surface area contributed by atoms with E-state index in [0.717, 1.165) is 52.7 Å². The number of aryl methyl sites for hydroxylation is 2. The SMILES string of the molecule is Cc1ccc(N(c2ccc(-c3ccc(N(c4ccc(C)cc4)c4ccc5c(c4)c4ccccc4n5-c4ccccc4)cc3)cc2)c2ccc3c(c2)c2c(n3-c3ccccc3)CCC=C2)cc1. The molecule has 0 atom stereocenters. The molecule has 0 N–H and O–H groups in total. The van der Waals surface area contributed by atoms with Crippen molar-refractivity contribution in [3.63, 3.8) is 0 Å². The van der Waals surface area contributed by atoms with Gasteiger partial charge in [-0.2, -0.15) is 0 Å².